The van der Waals surface area contributed by atoms with E-state index in [2.05, 4.69) is 20.8 Å². The van der Waals surface area contributed by atoms with E-state index in [4.69, 9.17) is 4.74 Å². The molecule has 0 heterocycles. The highest BCUT2D eigenvalue weighted by Crippen LogP contribution is 2.09. The van der Waals surface area contributed by atoms with Gasteiger partial charge in [0, 0.05) is 7.11 Å². The molecule has 0 aromatic carbocycles. The van der Waals surface area contributed by atoms with Gasteiger partial charge in [0.25, 0.3) is 0 Å². The van der Waals surface area contributed by atoms with E-state index in [9.17, 15) is 0 Å². The van der Waals surface area contributed by atoms with E-state index in [1.54, 1.807) is 7.11 Å². The van der Waals surface area contributed by atoms with Gasteiger partial charge in [0.1, 0.15) is 0 Å². The average Bonchev–Trinajstić information content (AvgIpc) is 2.15. The molecule has 82 valence electrons. The number of ether oxygens (including phenoxy) is 1. The van der Waals surface area contributed by atoms with Crippen LogP contribution < -0.4 is 0 Å². The summed E-state index contributed by atoms with van der Waals surface area (Å²) in [6.45, 7) is 10.8. The third kappa shape index (κ3) is 18.7. The Hall–Kier alpha value is -0.0400. The summed E-state index contributed by atoms with van der Waals surface area (Å²) in [5.41, 5.74) is 0. The molecule has 0 aliphatic carbocycles. The van der Waals surface area contributed by atoms with E-state index in [1.165, 1.54) is 25.7 Å². The quantitative estimate of drug-likeness (QED) is 0.626. The van der Waals surface area contributed by atoms with Crippen molar-refractivity contribution in [3.63, 3.8) is 0 Å². The predicted molar refractivity (Wildman–Crippen MR) is 61.1 cm³/mol. The Morgan fingerprint density at radius 1 is 1.08 bits per heavy atom. The van der Waals surface area contributed by atoms with Crippen molar-refractivity contribution >= 4 is 0 Å². The SMILES string of the molecule is CCCCC(C)CC.COC(C)C. The lowest BCUT2D eigenvalue weighted by atomic mass is 10.0. The summed E-state index contributed by atoms with van der Waals surface area (Å²) in [6, 6.07) is 0. The molecule has 13 heavy (non-hydrogen) atoms. The molecule has 1 atom stereocenters. The number of methoxy groups -OCH3 is 1. The molecule has 0 aromatic heterocycles. The Morgan fingerprint density at radius 2 is 1.54 bits per heavy atom. The number of rotatable bonds is 5. The molecule has 0 saturated carbocycles. The standard InChI is InChI=1S/C8H18.C4H10O/c1-4-6-7-8(3)5-2;1-4(2)5-3/h8H,4-7H2,1-3H3;4H,1-3H3. The van der Waals surface area contributed by atoms with Crippen LogP contribution in [0.15, 0.2) is 0 Å². The molecule has 0 bridgehead atoms. The van der Waals surface area contributed by atoms with Gasteiger partial charge in [0.05, 0.1) is 6.10 Å². The number of unbranched alkanes of at least 4 members (excludes halogenated alkanes) is 1. The van der Waals surface area contributed by atoms with Gasteiger partial charge in [-0.25, -0.2) is 0 Å². The van der Waals surface area contributed by atoms with Crippen molar-refractivity contribution in [3.8, 4) is 0 Å². The summed E-state index contributed by atoms with van der Waals surface area (Å²) >= 11 is 0. The summed E-state index contributed by atoms with van der Waals surface area (Å²) in [5, 5.41) is 0. The van der Waals surface area contributed by atoms with E-state index in [-0.39, 0.29) is 0 Å². The minimum atomic E-state index is 0.384. The Morgan fingerprint density at radius 3 is 1.77 bits per heavy atom. The van der Waals surface area contributed by atoms with Crippen molar-refractivity contribution in [3.05, 3.63) is 0 Å². The fourth-order valence-electron chi connectivity index (χ4n) is 0.757. The molecule has 0 rings (SSSR count). The topological polar surface area (TPSA) is 9.23 Å². The van der Waals surface area contributed by atoms with Crippen LogP contribution in [0.25, 0.3) is 0 Å². The lowest BCUT2D eigenvalue weighted by molar-refractivity contribution is 0.134. The van der Waals surface area contributed by atoms with Crippen molar-refractivity contribution in [2.24, 2.45) is 5.92 Å². The van der Waals surface area contributed by atoms with E-state index in [0.717, 1.165) is 5.92 Å². The Bertz CT molecular complexity index is 79.2. The normalized spacial score (nSPS) is 12.2. The summed E-state index contributed by atoms with van der Waals surface area (Å²) in [4.78, 5) is 0. The molecule has 0 radical (unpaired) electrons. The second-order valence-corrected chi connectivity index (χ2v) is 3.94. The van der Waals surface area contributed by atoms with Gasteiger partial charge >= 0.3 is 0 Å². The van der Waals surface area contributed by atoms with Crippen LogP contribution in [0.3, 0.4) is 0 Å². The van der Waals surface area contributed by atoms with E-state index >= 15 is 0 Å². The molecule has 0 aliphatic rings. The van der Waals surface area contributed by atoms with Crippen molar-refractivity contribution < 1.29 is 4.74 Å². The first-order valence-electron chi connectivity index (χ1n) is 5.61. The van der Waals surface area contributed by atoms with Gasteiger partial charge in [-0.1, -0.05) is 46.5 Å². The van der Waals surface area contributed by atoms with Gasteiger partial charge in [0.2, 0.25) is 0 Å². The van der Waals surface area contributed by atoms with Gasteiger partial charge in [0.15, 0.2) is 0 Å². The second-order valence-electron chi connectivity index (χ2n) is 3.94. The maximum Gasteiger partial charge on any atom is 0.0515 e. The minimum absolute atomic E-state index is 0.384. The Balaban J connectivity index is 0. The average molecular weight is 188 g/mol. The predicted octanol–water partition coefficient (Wildman–Crippen LogP) is 4.26. The highest BCUT2D eigenvalue weighted by molar-refractivity contribution is 4.47. The first-order valence-corrected chi connectivity index (χ1v) is 5.61. The molecular formula is C12H28O. The molecule has 0 N–H and O–H groups in total. The van der Waals surface area contributed by atoms with Crippen molar-refractivity contribution in [2.45, 2.75) is 66.4 Å². The van der Waals surface area contributed by atoms with Gasteiger partial charge in [-0.05, 0) is 19.8 Å². The van der Waals surface area contributed by atoms with Crippen LogP contribution in [0.4, 0.5) is 0 Å². The molecule has 0 fully saturated rings. The minimum Gasteiger partial charge on any atom is -0.382 e. The zero-order chi connectivity index (χ0) is 10.7. The van der Waals surface area contributed by atoms with E-state index in [1.807, 2.05) is 13.8 Å². The summed E-state index contributed by atoms with van der Waals surface area (Å²) in [5.74, 6) is 0.954. The first-order chi connectivity index (χ1) is 6.08. The van der Waals surface area contributed by atoms with Gasteiger partial charge < -0.3 is 4.74 Å². The molecule has 0 aromatic rings. The second kappa shape index (κ2) is 12.0. The van der Waals surface area contributed by atoms with Crippen molar-refractivity contribution in [1.29, 1.82) is 0 Å². The molecule has 1 heteroatoms. The lowest BCUT2D eigenvalue weighted by Gasteiger charge is -2.04. The van der Waals surface area contributed by atoms with Crippen LogP contribution >= 0.6 is 0 Å². The highest BCUT2D eigenvalue weighted by atomic mass is 16.5. The monoisotopic (exact) mass is 188 g/mol. The van der Waals surface area contributed by atoms with Gasteiger partial charge in [-0.3, -0.25) is 0 Å². The molecule has 0 amide bonds. The van der Waals surface area contributed by atoms with Gasteiger partial charge in [-0.15, -0.1) is 0 Å². The molecule has 0 aliphatic heterocycles. The fraction of sp³-hybridized carbons (Fsp3) is 1.00. The van der Waals surface area contributed by atoms with Crippen LogP contribution in [0.2, 0.25) is 0 Å². The molecule has 1 unspecified atom stereocenters. The lowest BCUT2D eigenvalue weighted by Crippen LogP contribution is -1.94. The Labute approximate surface area is 84.9 Å². The number of hydrogen-bond acceptors (Lipinski definition) is 1. The number of hydrogen-bond donors (Lipinski definition) is 0. The first kappa shape index (κ1) is 15.4. The zero-order valence-corrected chi connectivity index (χ0v) is 10.4. The van der Waals surface area contributed by atoms with Crippen LogP contribution in [0.1, 0.15) is 60.3 Å². The third-order valence-corrected chi connectivity index (χ3v) is 2.22. The van der Waals surface area contributed by atoms with Crippen LogP contribution in [-0.2, 0) is 4.74 Å². The highest BCUT2D eigenvalue weighted by Gasteiger charge is 1.94. The fourth-order valence-corrected chi connectivity index (χ4v) is 0.757. The van der Waals surface area contributed by atoms with Gasteiger partial charge in [-0.2, -0.15) is 0 Å². The van der Waals surface area contributed by atoms with Crippen molar-refractivity contribution in [2.75, 3.05) is 7.11 Å². The summed E-state index contributed by atoms with van der Waals surface area (Å²) < 4.78 is 4.75. The maximum atomic E-state index is 4.75. The smallest absolute Gasteiger partial charge is 0.0515 e. The largest absolute Gasteiger partial charge is 0.382 e. The van der Waals surface area contributed by atoms with Crippen LogP contribution in [0.5, 0.6) is 0 Å². The van der Waals surface area contributed by atoms with E-state index < -0.39 is 0 Å². The molecular weight excluding hydrogens is 160 g/mol. The summed E-state index contributed by atoms with van der Waals surface area (Å²) in [6.07, 6.45) is 5.92. The van der Waals surface area contributed by atoms with E-state index in [0.29, 0.717) is 6.10 Å². The molecule has 1 nitrogen and oxygen atoms in total. The summed E-state index contributed by atoms with van der Waals surface area (Å²) in [7, 11) is 1.70. The third-order valence-electron chi connectivity index (χ3n) is 2.22. The molecule has 0 saturated heterocycles. The Kier molecular flexibility index (Phi) is 14.2. The molecule has 0 spiro atoms. The maximum absolute atomic E-state index is 4.75. The van der Waals surface area contributed by atoms with Crippen LogP contribution in [0, 0.1) is 5.92 Å². The van der Waals surface area contributed by atoms with Crippen molar-refractivity contribution in [1.82, 2.24) is 0 Å². The van der Waals surface area contributed by atoms with Crippen LogP contribution in [-0.4, -0.2) is 13.2 Å². The zero-order valence-electron chi connectivity index (χ0n) is 10.4.